The molecule has 1 aliphatic carbocycles. The van der Waals surface area contributed by atoms with Gasteiger partial charge in [0.25, 0.3) is 0 Å². The third-order valence-corrected chi connectivity index (χ3v) is 4.73. The van der Waals surface area contributed by atoms with Crippen LogP contribution in [-0.2, 0) is 11.3 Å². The average Bonchev–Trinajstić information content (AvgIpc) is 3.19. The summed E-state index contributed by atoms with van der Waals surface area (Å²) in [4.78, 5) is 17.8. The van der Waals surface area contributed by atoms with Gasteiger partial charge in [-0.3, -0.25) is 9.69 Å². The van der Waals surface area contributed by atoms with Gasteiger partial charge in [-0.2, -0.15) is 4.98 Å². The van der Waals surface area contributed by atoms with E-state index in [1.807, 2.05) is 24.3 Å². The van der Waals surface area contributed by atoms with Gasteiger partial charge in [-0.1, -0.05) is 17.3 Å². The Balaban J connectivity index is 1.46. The topological polar surface area (TPSA) is 91.5 Å². The number of amides is 1. The van der Waals surface area contributed by atoms with Crippen molar-refractivity contribution < 1.29 is 14.4 Å². The number of nitrogens with zero attached hydrogens (tertiary/aromatic N) is 3. The minimum Gasteiger partial charge on any atom is -0.392 e. The lowest BCUT2D eigenvalue weighted by Crippen LogP contribution is -2.24. The number of carbonyl (C=O) groups is 1. The second-order valence-electron chi connectivity index (χ2n) is 6.98. The van der Waals surface area contributed by atoms with Crippen molar-refractivity contribution >= 4 is 11.6 Å². The predicted octanol–water partition coefficient (Wildman–Crippen LogP) is 2.21. The maximum atomic E-state index is 11.1. The lowest BCUT2D eigenvalue weighted by molar-refractivity contribution is -0.114. The molecule has 2 heterocycles. The van der Waals surface area contributed by atoms with Crippen LogP contribution in [-0.4, -0.2) is 38.7 Å². The molecule has 2 unspecified atom stereocenters. The largest absolute Gasteiger partial charge is 0.392 e. The summed E-state index contributed by atoms with van der Waals surface area (Å²) < 4.78 is 5.47. The summed E-state index contributed by atoms with van der Waals surface area (Å²) in [6.45, 7) is 2.76. The van der Waals surface area contributed by atoms with E-state index in [0.29, 0.717) is 31.3 Å². The third kappa shape index (κ3) is 3.72. The zero-order valence-electron chi connectivity index (χ0n) is 14.2. The molecule has 0 spiro atoms. The predicted molar refractivity (Wildman–Crippen MR) is 90.8 cm³/mol. The van der Waals surface area contributed by atoms with Gasteiger partial charge < -0.3 is 14.9 Å². The van der Waals surface area contributed by atoms with E-state index < -0.39 is 0 Å². The maximum Gasteiger partial charge on any atom is 0.244 e. The molecule has 0 radical (unpaired) electrons. The Bertz CT molecular complexity index is 754. The van der Waals surface area contributed by atoms with Crippen molar-refractivity contribution in [1.29, 1.82) is 0 Å². The molecule has 7 nitrogen and oxygen atoms in total. The number of rotatable bonds is 5. The molecule has 1 aromatic heterocycles. The molecule has 2 fully saturated rings. The van der Waals surface area contributed by atoms with Crippen LogP contribution in [0.1, 0.15) is 55.4 Å². The molecule has 132 valence electrons. The van der Waals surface area contributed by atoms with Gasteiger partial charge in [-0.05, 0) is 37.0 Å². The fourth-order valence-electron chi connectivity index (χ4n) is 3.33. The van der Waals surface area contributed by atoms with Gasteiger partial charge >= 0.3 is 0 Å². The fourth-order valence-corrected chi connectivity index (χ4v) is 3.33. The summed E-state index contributed by atoms with van der Waals surface area (Å²) >= 11 is 0. The molecule has 1 saturated heterocycles. The molecule has 2 N–H and O–H groups in total. The van der Waals surface area contributed by atoms with Crippen LogP contribution in [0, 0.1) is 0 Å². The van der Waals surface area contributed by atoms with Gasteiger partial charge in [0.1, 0.15) is 0 Å². The number of β-amino-alcohol motifs (C(OH)–C–C–N with tert-alkyl or cyclic N) is 1. The van der Waals surface area contributed by atoms with E-state index in [-0.39, 0.29) is 18.1 Å². The average molecular weight is 342 g/mol. The van der Waals surface area contributed by atoms with Crippen LogP contribution in [0.3, 0.4) is 0 Å². The Morgan fingerprint density at radius 1 is 1.36 bits per heavy atom. The number of aliphatic hydroxyl groups is 1. The number of nitrogens with one attached hydrogen (secondary N) is 1. The SMILES string of the molecule is CC(=O)Nc1ccc(CN2CC(O)CC2c2nc(C3CC3)no2)cc1. The van der Waals surface area contributed by atoms with E-state index in [1.54, 1.807) is 0 Å². The first kappa shape index (κ1) is 16.2. The van der Waals surface area contributed by atoms with Crippen LogP contribution < -0.4 is 5.32 Å². The van der Waals surface area contributed by atoms with E-state index in [4.69, 9.17) is 4.52 Å². The zero-order chi connectivity index (χ0) is 17.4. The summed E-state index contributed by atoms with van der Waals surface area (Å²) in [6, 6.07) is 7.68. The summed E-state index contributed by atoms with van der Waals surface area (Å²) in [5, 5.41) is 17.0. The molecule has 7 heteroatoms. The Hall–Kier alpha value is -2.25. The highest BCUT2D eigenvalue weighted by Crippen LogP contribution is 2.40. The van der Waals surface area contributed by atoms with Crippen LogP contribution in [0.25, 0.3) is 0 Å². The van der Waals surface area contributed by atoms with E-state index in [9.17, 15) is 9.90 Å². The second kappa shape index (κ2) is 6.57. The van der Waals surface area contributed by atoms with Crippen molar-refractivity contribution in [1.82, 2.24) is 15.0 Å². The van der Waals surface area contributed by atoms with Crippen LogP contribution in [0.2, 0.25) is 0 Å². The molecule has 0 bridgehead atoms. The van der Waals surface area contributed by atoms with Crippen molar-refractivity contribution in [2.75, 3.05) is 11.9 Å². The first-order valence-electron chi connectivity index (χ1n) is 8.70. The lowest BCUT2D eigenvalue weighted by atomic mass is 10.1. The number of aromatic nitrogens is 2. The van der Waals surface area contributed by atoms with Crippen LogP contribution in [0.15, 0.2) is 28.8 Å². The molecule has 2 atom stereocenters. The second-order valence-corrected chi connectivity index (χ2v) is 6.98. The Labute approximate surface area is 146 Å². The van der Waals surface area contributed by atoms with Crippen molar-refractivity contribution in [3.63, 3.8) is 0 Å². The van der Waals surface area contributed by atoms with Crippen molar-refractivity contribution in [2.24, 2.45) is 0 Å². The molecular weight excluding hydrogens is 320 g/mol. The van der Waals surface area contributed by atoms with Crippen molar-refractivity contribution in [3.8, 4) is 0 Å². The van der Waals surface area contributed by atoms with Gasteiger partial charge in [0.2, 0.25) is 11.8 Å². The first-order valence-corrected chi connectivity index (χ1v) is 8.70. The fraction of sp³-hybridized carbons (Fsp3) is 0.500. The highest BCUT2D eigenvalue weighted by atomic mass is 16.5. The minimum atomic E-state index is -0.389. The van der Waals surface area contributed by atoms with E-state index in [2.05, 4.69) is 20.4 Å². The van der Waals surface area contributed by atoms with Crippen LogP contribution in [0.5, 0.6) is 0 Å². The standard InChI is InChI=1S/C18H22N4O3/c1-11(23)19-14-6-2-12(3-7-14)9-22-10-15(24)8-16(22)18-20-17(21-25-18)13-4-5-13/h2-3,6-7,13,15-16,24H,4-5,8-10H2,1H3,(H,19,23). The van der Waals surface area contributed by atoms with Gasteiger partial charge in [0.15, 0.2) is 5.82 Å². The van der Waals surface area contributed by atoms with Crippen LogP contribution >= 0.6 is 0 Å². The first-order chi connectivity index (χ1) is 12.1. The number of hydrogen-bond donors (Lipinski definition) is 2. The molecule has 1 aliphatic heterocycles. The van der Waals surface area contributed by atoms with Crippen LogP contribution in [0.4, 0.5) is 5.69 Å². The number of aliphatic hydroxyl groups excluding tert-OH is 1. The zero-order valence-corrected chi connectivity index (χ0v) is 14.2. The summed E-state index contributed by atoms with van der Waals surface area (Å²) in [6.07, 6.45) is 2.49. The smallest absolute Gasteiger partial charge is 0.244 e. The number of benzene rings is 1. The quantitative estimate of drug-likeness (QED) is 0.866. The van der Waals surface area contributed by atoms with Crippen molar-refractivity contribution in [2.45, 2.75) is 50.8 Å². The summed E-state index contributed by atoms with van der Waals surface area (Å²) in [7, 11) is 0. The highest BCUT2D eigenvalue weighted by Gasteiger charge is 2.37. The number of anilines is 1. The molecule has 1 saturated carbocycles. The van der Waals surface area contributed by atoms with Gasteiger partial charge in [-0.15, -0.1) is 0 Å². The molecule has 1 amide bonds. The lowest BCUT2D eigenvalue weighted by Gasteiger charge is -2.21. The Kier molecular flexibility index (Phi) is 4.27. The molecule has 25 heavy (non-hydrogen) atoms. The Morgan fingerprint density at radius 3 is 2.80 bits per heavy atom. The number of hydrogen-bond acceptors (Lipinski definition) is 6. The van der Waals surface area contributed by atoms with Crippen molar-refractivity contribution in [3.05, 3.63) is 41.5 Å². The van der Waals surface area contributed by atoms with E-state index in [0.717, 1.165) is 29.9 Å². The highest BCUT2D eigenvalue weighted by molar-refractivity contribution is 5.88. The summed E-state index contributed by atoms with van der Waals surface area (Å²) in [5.41, 5.74) is 1.88. The molecule has 1 aromatic carbocycles. The molecule has 2 aromatic rings. The van der Waals surface area contributed by atoms with E-state index >= 15 is 0 Å². The number of carbonyl (C=O) groups excluding carboxylic acids is 1. The van der Waals surface area contributed by atoms with Gasteiger partial charge in [-0.25, -0.2) is 0 Å². The molecular formula is C18H22N4O3. The Morgan fingerprint density at radius 2 is 2.12 bits per heavy atom. The molecule has 4 rings (SSSR count). The van der Waals surface area contributed by atoms with Gasteiger partial charge in [0, 0.05) is 31.6 Å². The molecule has 2 aliphatic rings. The maximum absolute atomic E-state index is 11.1. The monoisotopic (exact) mass is 342 g/mol. The normalized spacial score (nSPS) is 23.8. The van der Waals surface area contributed by atoms with Gasteiger partial charge in [0.05, 0.1) is 12.1 Å². The van der Waals surface area contributed by atoms with E-state index in [1.165, 1.54) is 6.92 Å². The number of likely N-dealkylation sites (tertiary alicyclic amines) is 1. The summed E-state index contributed by atoms with van der Waals surface area (Å²) in [5.74, 6) is 1.78. The minimum absolute atomic E-state index is 0.0509. The third-order valence-electron chi connectivity index (χ3n) is 4.73.